The number of allylic oxidation sites excluding steroid dienone is 2. The average molecular weight is 138 g/mol. The van der Waals surface area contributed by atoms with E-state index in [0.29, 0.717) is 11.8 Å². The van der Waals surface area contributed by atoms with Crippen LogP contribution in [-0.4, -0.2) is 6.29 Å². The highest BCUT2D eigenvalue weighted by atomic mass is 16.1. The van der Waals surface area contributed by atoms with Crippen LogP contribution in [0.25, 0.3) is 0 Å². The van der Waals surface area contributed by atoms with Crippen LogP contribution in [0, 0.1) is 17.8 Å². The summed E-state index contributed by atoms with van der Waals surface area (Å²) in [5, 5.41) is 0. The molecule has 3 atom stereocenters. The maximum atomic E-state index is 10.5. The Balaban J connectivity index is 2.64. The number of carbonyl (C=O) groups is 1. The van der Waals surface area contributed by atoms with Crippen LogP contribution in [0.3, 0.4) is 0 Å². The molecule has 0 amide bonds. The van der Waals surface area contributed by atoms with Crippen molar-refractivity contribution in [1.29, 1.82) is 0 Å². The van der Waals surface area contributed by atoms with Crippen LogP contribution in [0.2, 0.25) is 0 Å². The van der Waals surface area contributed by atoms with E-state index in [1.807, 2.05) is 0 Å². The summed E-state index contributed by atoms with van der Waals surface area (Å²) in [5.74, 6) is 1.37. The molecule has 1 rings (SSSR count). The molecule has 0 N–H and O–H groups in total. The summed E-state index contributed by atoms with van der Waals surface area (Å²) in [6.45, 7) is 4.31. The largest absolute Gasteiger partial charge is 0.303 e. The minimum Gasteiger partial charge on any atom is -0.303 e. The lowest BCUT2D eigenvalue weighted by Gasteiger charge is -2.25. The van der Waals surface area contributed by atoms with Crippen molar-refractivity contribution in [2.45, 2.75) is 20.3 Å². The Morgan fingerprint density at radius 3 is 2.70 bits per heavy atom. The van der Waals surface area contributed by atoms with E-state index in [2.05, 4.69) is 26.0 Å². The van der Waals surface area contributed by atoms with E-state index >= 15 is 0 Å². The fourth-order valence-corrected chi connectivity index (χ4v) is 1.41. The lowest BCUT2D eigenvalue weighted by atomic mass is 9.79. The van der Waals surface area contributed by atoms with E-state index in [9.17, 15) is 4.79 Å². The molecule has 0 aliphatic heterocycles. The van der Waals surface area contributed by atoms with Gasteiger partial charge in [-0.2, -0.15) is 0 Å². The van der Waals surface area contributed by atoms with Gasteiger partial charge in [0, 0.05) is 5.92 Å². The maximum Gasteiger partial charge on any atom is 0.123 e. The second-order valence-corrected chi connectivity index (χ2v) is 3.18. The first kappa shape index (κ1) is 7.52. The van der Waals surface area contributed by atoms with Crippen molar-refractivity contribution in [2.75, 3.05) is 0 Å². The summed E-state index contributed by atoms with van der Waals surface area (Å²) in [6.07, 6.45) is 6.34. The molecule has 1 aliphatic carbocycles. The van der Waals surface area contributed by atoms with Gasteiger partial charge in [-0.1, -0.05) is 26.0 Å². The zero-order valence-corrected chi connectivity index (χ0v) is 6.58. The maximum absolute atomic E-state index is 10.5. The van der Waals surface area contributed by atoms with E-state index in [1.54, 1.807) is 0 Å². The van der Waals surface area contributed by atoms with Gasteiger partial charge in [-0.15, -0.1) is 0 Å². The van der Waals surface area contributed by atoms with Crippen molar-refractivity contribution >= 4 is 6.29 Å². The molecule has 0 bridgehead atoms. The zero-order chi connectivity index (χ0) is 7.56. The molecule has 0 saturated carbocycles. The number of aldehydes is 1. The monoisotopic (exact) mass is 138 g/mol. The van der Waals surface area contributed by atoms with Crippen molar-refractivity contribution in [3.05, 3.63) is 12.2 Å². The first-order chi connectivity index (χ1) is 4.75. The van der Waals surface area contributed by atoms with Crippen LogP contribution in [0.1, 0.15) is 20.3 Å². The molecule has 56 valence electrons. The van der Waals surface area contributed by atoms with E-state index in [4.69, 9.17) is 0 Å². The van der Waals surface area contributed by atoms with Crippen LogP contribution in [-0.2, 0) is 4.79 Å². The summed E-state index contributed by atoms with van der Waals surface area (Å²) in [4.78, 5) is 10.5. The van der Waals surface area contributed by atoms with Gasteiger partial charge in [0.05, 0.1) is 0 Å². The number of hydrogen-bond donors (Lipinski definition) is 0. The molecule has 0 radical (unpaired) electrons. The highest BCUT2D eigenvalue weighted by Crippen LogP contribution is 2.27. The van der Waals surface area contributed by atoms with Crippen LogP contribution < -0.4 is 0 Å². The Morgan fingerprint density at radius 2 is 2.20 bits per heavy atom. The van der Waals surface area contributed by atoms with Crippen molar-refractivity contribution < 1.29 is 4.79 Å². The lowest BCUT2D eigenvalue weighted by Crippen LogP contribution is -2.21. The highest BCUT2D eigenvalue weighted by Gasteiger charge is 2.22. The van der Waals surface area contributed by atoms with Gasteiger partial charge in [-0.3, -0.25) is 0 Å². The third-order valence-corrected chi connectivity index (χ3v) is 2.53. The predicted molar refractivity (Wildman–Crippen MR) is 41.6 cm³/mol. The Hall–Kier alpha value is -0.590. The first-order valence-corrected chi connectivity index (χ1v) is 3.87. The fraction of sp³-hybridized carbons (Fsp3) is 0.667. The summed E-state index contributed by atoms with van der Waals surface area (Å²) in [6, 6.07) is 0. The predicted octanol–water partition coefficient (Wildman–Crippen LogP) is 2.03. The van der Waals surface area contributed by atoms with Gasteiger partial charge in [0.25, 0.3) is 0 Å². The van der Waals surface area contributed by atoms with Gasteiger partial charge in [0.2, 0.25) is 0 Å². The van der Waals surface area contributed by atoms with Gasteiger partial charge < -0.3 is 4.79 Å². The van der Waals surface area contributed by atoms with Crippen LogP contribution in [0.5, 0.6) is 0 Å². The fourth-order valence-electron chi connectivity index (χ4n) is 1.41. The van der Waals surface area contributed by atoms with Crippen molar-refractivity contribution in [3.63, 3.8) is 0 Å². The lowest BCUT2D eigenvalue weighted by molar-refractivity contribution is -0.112. The SMILES string of the molecule is CC1C(C=O)CC=C[C@H]1C. The summed E-state index contributed by atoms with van der Waals surface area (Å²) in [7, 11) is 0. The molecule has 0 aromatic carbocycles. The molecule has 1 aliphatic rings. The van der Waals surface area contributed by atoms with Crippen molar-refractivity contribution in [2.24, 2.45) is 17.8 Å². The number of carbonyl (C=O) groups excluding carboxylic acids is 1. The molecule has 0 saturated heterocycles. The van der Waals surface area contributed by atoms with Crippen LogP contribution in [0.4, 0.5) is 0 Å². The smallest absolute Gasteiger partial charge is 0.123 e. The second kappa shape index (κ2) is 3.00. The molecule has 0 heterocycles. The van der Waals surface area contributed by atoms with Crippen molar-refractivity contribution in [3.8, 4) is 0 Å². The third kappa shape index (κ3) is 1.28. The van der Waals surface area contributed by atoms with E-state index < -0.39 is 0 Å². The van der Waals surface area contributed by atoms with Gasteiger partial charge in [0.1, 0.15) is 6.29 Å². The van der Waals surface area contributed by atoms with E-state index in [-0.39, 0.29) is 5.92 Å². The Labute approximate surface area is 62.1 Å². The van der Waals surface area contributed by atoms with Gasteiger partial charge in [0.15, 0.2) is 0 Å². The molecule has 1 heteroatoms. The van der Waals surface area contributed by atoms with E-state index in [1.165, 1.54) is 0 Å². The summed E-state index contributed by atoms with van der Waals surface area (Å²) >= 11 is 0. The number of rotatable bonds is 1. The van der Waals surface area contributed by atoms with Crippen LogP contribution in [0.15, 0.2) is 12.2 Å². The topological polar surface area (TPSA) is 17.1 Å². The summed E-state index contributed by atoms with van der Waals surface area (Å²) < 4.78 is 0. The van der Waals surface area contributed by atoms with Crippen LogP contribution >= 0.6 is 0 Å². The molecule has 0 aromatic heterocycles. The zero-order valence-electron chi connectivity index (χ0n) is 6.58. The first-order valence-electron chi connectivity index (χ1n) is 3.87. The average Bonchev–Trinajstić information content (AvgIpc) is 1.95. The van der Waals surface area contributed by atoms with Gasteiger partial charge >= 0.3 is 0 Å². The minimum absolute atomic E-state index is 0.264. The standard InChI is InChI=1S/C9H14O/c1-7-4-3-5-9(6-10)8(7)2/h3-4,6-9H,5H2,1-2H3/t7-,8?,9?/m1/s1. The van der Waals surface area contributed by atoms with E-state index in [0.717, 1.165) is 12.7 Å². The van der Waals surface area contributed by atoms with Crippen molar-refractivity contribution in [1.82, 2.24) is 0 Å². The molecule has 0 aromatic rings. The molecule has 0 spiro atoms. The molecule has 10 heavy (non-hydrogen) atoms. The van der Waals surface area contributed by atoms with Gasteiger partial charge in [-0.25, -0.2) is 0 Å². The minimum atomic E-state index is 0.264. The highest BCUT2D eigenvalue weighted by molar-refractivity contribution is 5.55. The molecular formula is C9H14O. The normalized spacial score (nSPS) is 39.6. The molecule has 1 nitrogen and oxygen atoms in total. The Bertz CT molecular complexity index is 149. The third-order valence-electron chi connectivity index (χ3n) is 2.53. The number of hydrogen-bond acceptors (Lipinski definition) is 1. The second-order valence-electron chi connectivity index (χ2n) is 3.18. The summed E-state index contributed by atoms with van der Waals surface area (Å²) in [5.41, 5.74) is 0. The molecule has 2 unspecified atom stereocenters. The quantitative estimate of drug-likeness (QED) is 0.400. The molecule has 0 fully saturated rings. The molecular weight excluding hydrogens is 124 g/mol. The Morgan fingerprint density at radius 1 is 1.50 bits per heavy atom. The Kier molecular flexibility index (Phi) is 2.25. The van der Waals surface area contributed by atoms with Gasteiger partial charge in [-0.05, 0) is 18.3 Å².